The first kappa shape index (κ1) is 24.8. The summed E-state index contributed by atoms with van der Waals surface area (Å²) in [5.41, 5.74) is 2.97. The number of rotatable bonds is 10. The van der Waals surface area contributed by atoms with Gasteiger partial charge >= 0.3 is 0 Å². The van der Waals surface area contributed by atoms with Gasteiger partial charge in [-0.05, 0) is 54.4 Å². The molecule has 0 aliphatic rings. The average molecular weight is 466 g/mol. The van der Waals surface area contributed by atoms with E-state index in [2.05, 4.69) is 11.4 Å². The number of halogens is 3. The molecule has 166 valence electrons. The van der Waals surface area contributed by atoms with Crippen LogP contribution in [-0.2, 0) is 19.6 Å². The lowest BCUT2D eigenvalue weighted by Crippen LogP contribution is -2.17. The summed E-state index contributed by atoms with van der Waals surface area (Å²) in [5.74, 6) is 1.78. The molecule has 0 saturated heterocycles. The standard InChI is InChI=1S/C24H25ClFNO3.ClH/c1-28-22-6-4-3-5-18(22)11-12-27-15-17-7-10-23(24(13-17)29-2)30-16-19-8-9-20(26)14-21(19)25;/h3-10,13-14,27H,11-12,15-16H2,1-2H3;1H. The molecule has 0 atom stereocenters. The first-order valence-electron chi connectivity index (χ1n) is 9.67. The lowest BCUT2D eigenvalue weighted by molar-refractivity contribution is 0.284. The summed E-state index contributed by atoms with van der Waals surface area (Å²) in [6.07, 6.45) is 0.876. The molecule has 0 aromatic heterocycles. The molecular weight excluding hydrogens is 440 g/mol. The normalized spacial score (nSPS) is 10.3. The van der Waals surface area contributed by atoms with Crippen molar-refractivity contribution in [1.82, 2.24) is 5.32 Å². The van der Waals surface area contributed by atoms with Gasteiger partial charge in [0.2, 0.25) is 0 Å². The average Bonchev–Trinajstić information content (AvgIpc) is 2.76. The maximum absolute atomic E-state index is 13.2. The van der Waals surface area contributed by atoms with Crippen LogP contribution >= 0.6 is 24.0 Å². The number of methoxy groups -OCH3 is 2. The molecule has 0 radical (unpaired) electrons. The summed E-state index contributed by atoms with van der Waals surface area (Å²) in [4.78, 5) is 0. The third kappa shape index (κ3) is 7.03. The van der Waals surface area contributed by atoms with Gasteiger partial charge in [0, 0.05) is 12.1 Å². The minimum absolute atomic E-state index is 0. The van der Waals surface area contributed by atoms with Crippen molar-refractivity contribution < 1.29 is 18.6 Å². The molecule has 3 rings (SSSR count). The molecule has 0 spiro atoms. The number of hydrogen-bond donors (Lipinski definition) is 1. The molecule has 0 unspecified atom stereocenters. The van der Waals surface area contributed by atoms with E-state index in [1.54, 1.807) is 20.3 Å². The second-order valence-electron chi connectivity index (χ2n) is 6.75. The summed E-state index contributed by atoms with van der Waals surface area (Å²) in [7, 11) is 3.29. The molecule has 3 aromatic carbocycles. The zero-order valence-corrected chi connectivity index (χ0v) is 19.1. The van der Waals surface area contributed by atoms with Crippen LogP contribution in [0.2, 0.25) is 5.02 Å². The largest absolute Gasteiger partial charge is 0.496 e. The first-order chi connectivity index (χ1) is 14.6. The van der Waals surface area contributed by atoms with Crippen LogP contribution in [0.3, 0.4) is 0 Å². The van der Waals surface area contributed by atoms with Crippen molar-refractivity contribution in [2.75, 3.05) is 20.8 Å². The van der Waals surface area contributed by atoms with Crippen LogP contribution in [0.1, 0.15) is 16.7 Å². The lowest BCUT2D eigenvalue weighted by atomic mass is 10.1. The zero-order valence-electron chi connectivity index (χ0n) is 17.5. The van der Waals surface area contributed by atoms with E-state index in [4.69, 9.17) is 25.8 Å². The van der Waals surface area contributed by atoms with Crippen LogP contribution in [0.5, 0.6) is 17.2 Å². The number of benzene rings is 3. The molecule has 0 bridgehead atoms. The lowest BCUT2D eigenvalue weighted by Gasteiger charge is -2.13. The van der Waals surface area contributed by atoms with Crippen LogP contribution in [0.25, 0.3) is 0 Å². The zero-order chi connectivity index (χ0) is 21.3. The molecule has 0 aliphatic heterocycles. The van der Waals surface area contributed by atoms with Crippen LogP contribution < -0.4 is 19.5 Å². The smallest absolute Gasteiger partial charge is 0.161 e. The van der Waals surface area contributed by atoms with Gasteiger partial charge in [0.1, 0.15) is 18.2 Å². The fourth-order valence-corrected chi connectivity index (χ4v) is 3.32. The Hall–Kier alpha value is -2.47. The van der Waals surface area contributed by atoms with Crippen molar-refractivity contribution in [3.8, 4) is 17.2 Å². The summed E-state index contributed by atoms with van der Waals surface area (Å²) >= 11 is 6.06. The Morgan fingerprint density at radius 3 is 2.39 bits per heavy atom. The van der Waals surface area contributed by atoms with E-state index in [0.717, 1.165) is 24.3 Å². The highest BCUT2D eigenvalue weighted by molar-refractivity contribution is 6.31. The van der Waals surface area contributed by atoms with E-state index < -0.39 is 0 Å². The molecule has 3 aromatic rings. The Kier molecular flexibility index (Phi) is 9.92. The minimum Gasteiger partial charge on any atom is -0.496 e. The molecule has 0 fully saturated rings. The Labute approximate surface area is 193 Å². The predicted molar refractivity (Wildman–Crippen MR) is 124 cm³/mol. The molecule has 0 amide bonds. The highest BCUT2D eigenvalue weighted by Crippen LogP contribution is 2.30. The van der Waals surface area contributed by atoms with E-state index in [9.17, 15) is 4.39 Å². The highest BCUT2D eigenvalue weighted by Gasteiger charge is 2.09. The van der Waals surface area contributed by atoms with Crippen molar-refractivity contribution in [2.45, 2.75) is 19.6 Å². The van der Waals surface area contributed by atoms with Gasteiger partial charge in [-0.2, -0.15) is 0 Å². The first-order valence-corrected chi connectivity index (χ1v) is 10.0. The molecule has 4 nitrogen and oxygen atoms in total. The van der Waals surface area contributed by atoms with Gasteiger partial charge in [-0.3, -0.25) is 0 Å². The van der Waals surface area contributed by atoms with Gasteiger partial charge in [-0.15, -0.1) is 12.4 Å². The van der Waals surface area contributed by atoms with Crippen molar-refractivity contribution in [3.05, 3.63) is 88.2 Å². The monoisotopic (exact) mass is 465 g/mol. The quantitative estimate of drug-likeness (QED) is 0.382. The van der Waals surface area contributed by atoms with E-state index >= 15 is 0 Å². The predicted octanol–water partition coefficient (Wildman–Crippen LogP) is 5.83. The molecule has 0 heterocycles. The summed E-state index contributed by atoms with van der Waals surface area (Å²) < 4.78 is 29.9. The Morgan fingerprint density at radius 1 is 0.871 bits per heavy atom. The van der Waals surface area contributed by atoms with Gasteiger partial charge in [-0.25, -0.2) is 4.39 Å². The van der Waals surface area contributed by atoms with Gasteiger partial charge in [0.05, 0.1) is 19.2 Å². The second kappa shape index (κ2) is 12.4. The van der Waals surface area contributed by atoms with Gasteiger partial charge in [0.15, 0.2) is 11.5 Å². The van der Waals surface area contributed by atoms with Crippen LogP contribution in [0, 0.1) is 5.82 Å². The number of ether oxygens (including phenoxy) is 3. The highest BCUT2D eigenvalue weighted by atomic mass is 35.5. The Morgan fingerprint density at radius 2 is 1.65 bits per heavy atom. The topological polar surface area (TPSA) is 39.7 Å². The van der Waals surface area contributed by atoms with E-state index in [-0.39, 0.29) is 24.8 Å². The molecule has 31 heavy (non-hydrogen) atoms. The van der Waals surface area contributed by atoms with Crippen molar-refractivity contribution in [3.63, 3.8) is 0 Å². The van der Waals surface area contributed by atoms with Gasteiger partial charge in [-0.1, -0.05) is 41.9 Å². The second-order valence-corrected chi connectivity index (χ2v) is 7.16. The Balaban J connectivity index is 0.00000341. The fourth-order valence-electron chi connectivity index (χ4n) is 3.10. The van der Waals surface area contributed by atoms with Crippen molar-refractivity contribution in [2.24, 2.45) is 0 Å². The third-order valence-corrected chi connectivity index (χ3v) is 5.07. The van der Waals surface area contributed by atoms with E-state index in [1.807, 2.05) is 36.4 Å². The SMILES string of the molecule is COc1ccccc1CCNCc1ccc(OCc2ccc(F)cc2Cl)c(OC)c1.Cl. The molecular formula is C24H26Cl2FNO3. The minimum atomic E-state index is -0.371. The van der Waals surface area contributed by atoms with Crippen molar-refractivity contribution >= 4 is 24.0 Å². The Bertz CT molecular complexity index is 985. The van der Waals surface area contributed by atoms with E-state index in [0.29, 0.717) is 28.6 Å². The number of hydrogen-bond acceptors (Lipinski definition) is 4. The van der Waals surface area contributed by atoms with E-state index in [1.165, 1.54) is 17.7 Å². The molecule has 1 N–H and O–H groups in total. The van der Waals surface area contributed by atoms with Gasteiger partial charge < -0.3 is 19.5 Å². The fraction of sp³-hybridized carbons (Fsp3) is 0.250. The number of nitrogens with one attached hydrogen (secondary N) is 1. The number of para-hydroxylation sites is 1. The van der Waals surface area contributed by atoms with Crippen LogP contribution in [-0.4, -0.2) is 20.8 Å². The maximum Gasteiger partial charge on any atom is 0.161 e. The molecule has 7 heteroatoms. The molecule has 0 saturated carbocycles. The van der Waals surface area contributed by atoms with Crippen molar-refractivity contribution in [1.29, 1.82) is 0 Å². The summed E-state index contributed by atoms with van der Waals surface area (Å²) in [6.45, 7) is 1.76. The third-order valence-electron chi connectivity index (χ3n) is 4.72. The molecule has 0 aliphatic carbocycles. The van der Waals surface area contributed by atoms with Crippen LogP contribution in [0.4, 0.5) is 4.39 Å². The van der Waals surface area contributed by atoms with Crippen LogP contribution in [0.15, 0.2) is 60.7 Å². The summed E-state index contributed by atoms with van der Waals surface area (Å²) in [6, 6.07) is 18.1. The summed E-state index contributed by atoms with van der Waals surface area (Å²) in [5, 5.41) is 3.78. The van der Waals surface area contributed by atoms with Gasteiger partial charge in [0.25, 0.3) is 0 Å². The maximum atomic E-state index is 13.2.